The summed E-state index contributed by atoms with van der Waals surface area (Å²) in [4.78, 5) is 11.2. The number of carbonyl (C=O) groups is 1. The molecule has 0 aromatic heterocycles. The molecule has 0 aliphatic heterocycles. The molecule has 0 spiro atoms. The monoisotopic (exact) mass is 268 g/mol. The van der Waals surface area contributed by atoms with Crippen LogP contribution in [-0.2, 0) is 11.2 Å². The average molecular weight is 268 g/mol. The van der Waals surface area contributed by atoms with Crippen molar-refractivity contribution in [1.82, 2.24) is 0 Å². The van der Waals surface area contributed by atoms with Crippen LogP contribution in [0.2, 0.25) is 0 Å². The average Bonchev–Trinajstić information content (AvgIpc) is 2.37. The lowest BCUT2D eigenvalue weighted by atomic mass is 9.93. The maximum Gasteiger partial charge on any atom is 0.306 e. The number of aliphatic hydroxyl groups is 1. The number of hydrogen-bond acceptors (Lipinski definition) is 2. The first-order valence-electron chi connectivity index (χ1n) is 6.71. The van der Waals surface area contributed by atoms with Gasteiger partial charge in [-0.05, 0) is 37.0 Å². The van der Waals surface area contributed by atoms with Crippen molar-refractivity contribution < 1.29 is 19.4 Å². The Hall–Kier alpha value is -1.42. The summed E-state index contributed by atoms with van der Waals surface area (Å²) in [7, 11) is 0. The molecule has 0 heterocycles. The number of unbranched alkanes of at least 4 members (excludes halogenated alkanes) is 3. The van der Waals surface area contributed by atoms with Crippen LogP contribution in [0.5, 0.6) is 0 Å². The van der Waals surface area contributed by atoms with Gasteiger partial charge in [0.2, 0.25) is 0 Å². The van der Waals surface area contributed by atoms with Gasteiger partial charge in [0.15, 0.2) is 0 Å². The van der Waals surface area contributed by atoms with Crippen molar-refractivity contribution in [2.75, 3.05) is 6.61 Å². The zero-order valence-corrected chi connectivity index (χ0v) is 11.0. The first-order valence-corrected chi connectivity index (χ1v) is 6.71. The fourth-order valence-electron chi connectivity index (χ4n) is 2.12. The predicted octanol–water partition coefficient (Wildman–Crippen LogP) is 3.01. The first-order chi connectivity index (χ1) is 9.13. The Morgan fingerprint density at radius 2 is 1.95 bits per heavy atom. The number of aliphatic hydroxyl groups excluding tert-OH is 1. The number of rotatable bonds is 9. The predicted molar refractivity (Wildman–Crippen MR) is 71.4 cm³/mol. The van der Waals surface area contributed by atoms with Gasteiger partial charge in [0.1, 0.15) is 5.82 Å². The smallest absolute Gasteiger partial charge is 0.306 e. The highest BCUT2D eigenvalue weighted by atomic mass is 19.1. The minimum atomic E-state index is -0.827. The summed E-state index contributed by atoms with van der Waals surface area (Å²) in [6.07, 6.45) is 4.40. The van der Waals surface area contributed by atoms with Crippen LogP contribution in [0.3, 0.4) is 0 Å². The molecule has 0 aliphatic carbocycles. The molecule has 0 saturated carbocycles. The Morgan fingerprint density at radius 3 is 2.58 bits per heavy atom. The lowest BCUT2D eigenvalue weighted by Gasteiger charge is -2.12. The van der Waals surface area contributed by atoms with E-state index >= 15 is 0 Å². The van der Waals surface area contributed by atoms with E-state index in [1.54, 1.807) is 12.1 Å². The van der Waals surface area contributed by atoms with E-state index < -0.39 is 11.9 Å². The van der Waals surface area contributed by atoms with Gasteiger partial charge in [-0.2, -0.15) is 0 Å². The van der Waals surface area contributed by atoms with Gasteiger partial charge in [-0.25, -0.2) is 4.39 Å². The summed E-state index contributed by atoms with van der Waals surface area (Å²) in [5.41, 5.74) is 0.725. The maximum atomic E-state index is 13.0. The first kappa shape index (κ1) is 15.6. The quantitative estimate of drug-likeness (QED) is 0.677. The Morgan fingerprint density at radius 1 is 1.21 bits per heavy atom. The van der Waals surface area contributed by atoms with Gasteiger partial charge in [0.25, 0.3) is 0 Å². The molecule has 0 bridgehead atoms. The molecule has 1 rings (SSSR count). The van der Waals surface area contributed by atoms with Crippen LogP contribution in [0.4, 0.5) is 4.39 Å². The van der Waals surface area contributed by atoms with Crippen LogP contribution in [0.25, 0.3) is 0 Å². The molecule has 2 N–H and O–H groups in total. The van der Waals surface area contributed by atoms with Crippen LogP contribution < -0.4 is 0 Å². The number of carboxylic acids is 1. The number of halogens is 1. The van der Waals surface area contributed by atoms with E-state index in [0.717, 1.165) is 31.2 Å². The van der Waals surface area contributed by atoms with Crippen LogP contribution in [0.15, 0.2) is 24.3 Å². The second kappa shape index (κ2) is 8.64. The Balaban J connectivity index is 2.42. The minimum Gasteiger partial charge on any atom is -0.481 e. The van der Waals surface area contributed by atoms with E-state index in [1.165, 1.54) is 12.1 Å². The highest BCUT2D eigenvalue weighted by molar-refractivity contribution is 5.70. The Labute approximate surface area is 113 Å². The molecular weight excluding hydrogens is 247 g/mol. The molecule has 1 unspecified atom stereocenters. The van der Waals surface area contributed by atoms with Gasteiger partial charge >= 0.3 is 5.97 Å². The van der Waals surface area contributed by atoms with Crippen molar-refractivity contribution in [1.29, 1.82) is 0 Å². The van der Waals surface area contributed by atoms with Crippen molar-refractivity contribution in [3.8, 4) is 0 Å². The molecule has 3 nitrogen and oxygen atoms in total. The minimum absolute atomic E-state index is 0.186. The summed E-state index contributed by atoms with van der Waals surface area (Å²) >= 11 is 0. The SMILES string of the molecule is O=C(O)C(CCCCCCO)Cc1cccc(F)c1. The fourth-order valence-corrected chi connectivity index (χ4v) is 2.12. The summed E-state index contributed by atoms with van der Waals surface area (Å²) in [5.74, 6) is -1.62. The van der Waals surface area contributed by atoms with Gasteiger partial charge in [-0.15, -0.1) is 0 Å². The number of carboxylic acid groups (broad SMARTS) is 1. The van der Waals surface area contributed by atoms with Crippen molar-refractivity contribution >= 4 is 5.97 Å². The van der Waals surface area contributed by atoms with E-state index in [9.17, 15) is 14.3 Å². The van der Waals surface area contributed by atoms with Gasteiger partial charge < -0.3 is 10.2 Å². The van der Waals surface area contributed by atoms with Crippen molar-refractivity contribution in [2.24, 2.45) is 5.92 Å². The molecule has 0 saturated heterocycles. The van der Waals surface area contributed by atoms with Gasteiger partial charge in [-0.3, -0.25) is 4.79 Å². The molecule has 0 aliphatic rings. The van der Waals surface area contributed by atoms with Crippen LogP contribution in [0, 0.1) is 11.7 Å². The third-order valence-corrected chi connectivity index (χ3v) is 3.18. The third-order valence-electron chi connectivity index (χ3n) is 3.18. The van der Waals surface area contributed by atoms with Gasteiger partial charge in [-0.1, -0.05) is 31.4 Å². The second-order valence-corrected chi connectivity index (χ2v) is 4.80. The van der Waals surface area contributed by atoms with E-state index in [-0.39, 0.29) is 12.4 Å². The number of aliphatic carboxylic acids is 1. The van der Waals surface area contributed by atoms with Gasteiger partial charge in [0, 0.05) is 6.61 Å². The van der Waals surface area contributed by atoms with Crippen molar-refractivity contribution in [2.45, 2.75) is 38.5 Å². The standard InChI is InChI=1S/C15H21FO3/c16-14-8-5-6-12(11-14)10-13(15(18)19)7-3-1-2-4-9-17/h5-6,8,11,13,17H,1-4,7,9-10H2,(H,18,19). The number of hydrogen-bond donors (Lipinski definition) is 2. The zero-order chi connectivity index (χ0) is 14.1. The summed E-state index contributed by atoms with van der Waals surface area (Å²) < 4.78 is 13.0. The molecule has 0 amide bonds. The molecule has 1 atom stereocenters. The Kier molecular flexibility index (Phi) is 7.11. The van der Waals surface area contributed by atoms with E-state index in [0.29, 0.717) is 12.8 Å². The summed E-state index contributed by atoms with van der Waals surface area (Å²) in [6, 6.07) is 6.10. The van der Waals surface area contributed by atoms with Crippen LogP contribution in [0.1, 0.15) is 37.7 Å². The topological polar surface area (TPSA) is 57.5 Å². The van der Waals surface area contributed by atoms with Gasteiger partial charge in [0.05, 0.1) is 5.92 Å². The zero-order valence-electron chi connectivity index (χ0n) is 11.0. The fraction of sp³-hybridized carbons (Fsp3) is 0.533. The van der Waals surface area contributed by atoms with Crippen molar-refractivity contribution in [3.63, 3.8) is 0 Å². The molecule has 0 fully saturated rings. The summed E-state index contributed by atoms with van der Waals surface area (Å²) in [5, 5.41) is 17.8. The molecule has 1 aromatic rings. The summed E-state index contributed by atoms with van der Waals surface area (Å²) in [6.45, 7) is 0.186. The Bertz CT molecular complexity index is 393. The molecule has 0 radical (unpaired) electrons. The highest BCUT2D eigenvalue weighted by Crippen LogP contribution is 2.17. The second-order valence-electron chi connectivity index (χ2n) is 4.80. The van der Waals surface area contributed by atoms with E-state index in [4.69, 9.17) is 5.11 Å². The molecule has 106 valence electrons. The molecule has 19 heavy (non-hydrogen) atoms. The lowest BCUT2D eigenvalue weighted by molar-refractivity contribution is -0.142. The van der Waals surface area contributed by atoms with Crippen LogP contribution >= 0.6 is 0 Å². The highest BCUT2D eigenvalue weighted by Gasteiger charge is 2.17. The third kappa shape index (κ3) is 6.34. The number of benzene rings is 1. The van der Waals surface area contributed by atoms with Crippen LogP contribution in [-0.4, -0.2) is 22.8 Å². The molecule has 1 aromatic carbocycles. The maximum absolute atomic E-state index is 13.0. The molecular formula is C15H21FO3. The van der Waals surface area contributed by atoms with E-state index in [2.05, 4.69) is 0 Å². The largest absolute Gasteiger partial charge is 0.481 e. The molecule has 4 heteroatoms. The van der Waals surface area contributed by atoms with E-state index in [1.807, 2.05) is 0 Å². The lowest BCUT2D eigenvalue weighted by Crippen LogP contribution is -2.16. The normalized spacial score (nSPS) is 12.3. The van der Waals surface area contributed by atoms with Crippen molar-refractivity contribution in [3.05, 3.63) is 35.6 Å².